The molecule has 0 saturated carbocycles. The molecule has 3 heteroatoms. The zero-order valence-corrected chi connectivity index (χ0v) is 11.9. The SMILES string of the molecule is Cc1cc(COC(C)(C)C)oc1CNC(C)C. The summed E-state index contributed by atoms with van der Waals surface area (Å²) in [4.78, 5) is 0. The second-order valence-corrected chi connectivity index (χ2v) is 5.76. The molecule has 0 atom stereocenters. The maximum atomic E-state index is 5.77. The van der Waals surface area contributed by atoms with Crippen LogP contribution >= 0.6 is 0 Å². The second-order valence-electron chi connectivity index (χ2n) is 5.76. The molecule has 0 aromatic carbocycles. The van der Waals surface area contributed by atoms with Gasteiger partial charge in [-0.25, -0.2) is 0 Å². The first-order valence-electron chi connectivity index (χ1n) is 6.23. The van der Waals surface area contributed by atoms with Gasteiger partial charge >= 0.3 is 0 Å². The van der Waals surface area contributed by atoms with E-state index in [9.17, 15) is 0 Å². The van der Waals surface area contributed by atoms with Gasteiger partial charge in [0.1, 0.15) is 18.1 Å². The van der Waals surface area contributed by atoms with E-state index in [1.165, 1.54) is 5.56 Å². The fraction of sp³-hybridized carbons (Fsp3) is 0.714. The van der Waals surface area contributed by atoms with Gasteiger partial charge in [-0.3, -0.25) is 0 Å². The molecule has 17 heavy (non-hydrogen) atoms. The summed E-state index contributed by atoms with van der Waals surface area (Å²) in [6.07, 6.45) is 0. The summed E-state index contributed by atoms with van der Waals surface area (Å²) in [5, 5.41) is 3.35. The van der Waals surface area contributed by atoms with Gasteiger partial charge < -0.3 is 14.5 Å². The number of hydrogen-bond acceptors (Lipinski definition) is 3. The number of aryl methyl sites for hydroxylation is 1. The maximum Gasteiger partial charge on any atom is 0.130 e. The van der Waals surface area contributed by atoms with E-state index in [0.717, 1.165) is 18.1 Å². The van der Waals surface area contributed by atoms with Crippen LogP contribution in [0.3, 0.4) is 0 Å². The van der Waals surface area contributed by atoms with Crippen LogP contribution in [0.2, 0.25) is 0 Å². The highest BCUT2D eigenvalue weighted by atomic mass is 16.5. The van der Waals surface area contributed by atoms with Gasteiger partial charge in [0.15, 0.2) is 0 Å². The van der Waals surface area contributed by atoms with Crippen molar-refractivity contribution < 1.29 is 9.15 Å². The van der Waals surface area contributed by atoms with Gasteiger partial charge in [-0.1, -0.05) is 13.8 Å². The lowest BCUT2D eigenvalue weighted by Gasteiger charge is -2.18. The molecule has 0 aliphatic rings. The Bertz CT molecular complexity index is 348. The molecule has 0 saturated heterocycles. The normalized spacial score (nSPS) is 12.4. The molecule has 0 unspecified atom stereocenters. The minimum atomic E-state index is -0.128. The third kappa shape index (κ3) is 5.37. The molecule has 98 valence electrons. The van der Waals surface area contributed by atoms with Crippen molar-refractivity contribution in [3.8, 4) is 0 Å². The van der Waals surface area contributed by atoms with Gasteiger partial charge in [0.2, 0.25) is 0 Å². The summed E-state index contributed by atoms with van der Waals surface area (Å²) >= 11 is 0. The van der Waals surface area contributed by atoms with Gasteiger partial charge in [-0.05, 0) is 39.3 Å². The highest BCUT2D eigenvalue weighted by Gasteiger charge is 2.13. The maximum absolute atomic E-state index is 5.77. The molecule has 1 rings (SSSR count). The number of hydrogen-bond donors (Lipinski definition) is 1. The summed E-state index contributed by atoms with van der Waals surface area (Å²) in [6.45, 7) is 13.8. The van der Waals surface area contributed by atoms with Gasteiger partial charge in [-0.15, -0.1) is 0 Å². The molecule has 1 aromatic heterocycles. The van der Waals surface area contributed by atoms with Crippen LogP contribution in [0.15, 0.2) is 10.5 Å². The predicted octanol–water partition coefficient (Wildman–Crippen LogP) is 3.40. The van der Waals surface area contributed by atoms with Crippen LogP contribution in [0.4, 0.5) is 0 Å². The van der Waals surface area contributed by atoms with E-state index in [1.54, 1.807) is 0 Å². The van der Waals surface area contributed by atoms with E-state index >= 15 is 0 Å². The fourth-order valence-electron chi connectivity index (χ4n) is 1.42. The summed E-state index contributed by atoms with van der Waals surface area (Å²) < 4.78 is 11.5. The van der Waals surface area contributed by atoms with Gasteiger partial charge in [0, 0.05) is 6.04 Å². The van der Waals surface area contributed by atoms with Crippen molar-refractivity contribution in [2.75, 3.05) is 0 Å². The predicted molar refractivity (Wildman–Crippen MR) is 70.0 cm³/mol. The third-order valence-electron chi connectivity index (χ3n) is 2.39. The van der Waals surface area contributed by atoms with Crippen LogP contribution in [0.25, 0.3) is 0 Å². The van der Waals surface area contributed by atoms with Crippen LogP contribution in [0.5, 0.6) is 0 Å². The Kier molecular flexibility index (Phi) is 4.78. The Morgan fingerprint density at radius 2 is 2.00 bits per heavy atom. The van der Waals surface area contributed by atoms with Crippen LogP contribution in [0, 0.1) is 6.92 Å². The first kappa shape index (κ1) is 14.3. The number of ether oxygens (including phenoxy) is 1. The Labute approximate surface area is 105 Å². The summed E-state index contributed by atoms with van der Waals surface area (Å²) in [6, 6.07) is 2.53. The molecule has 1 aromatic rings. The first-order valence-corrected chi connectivity index (χ1v) is 6.23. The molecular formula is C14H25NO2. The van der Waals surface area contributed by atoms with Crippen molar-refractivity contribution in [3.05, 3.63) is 23.2 Å². The number of furan rings is 1. The second kappa shape index (κ2) is 5.69. The largest absolute Gasteiger partial charge is 0.462 e. The van der Waals surface area contributed by atoms with E-state index in [0.29, 0.717) is 12.6 Å². The van der Waals surface area contributed by atoms with Gasteiger partial charge in [0.25, 0.3) is 0 Å². The zero-order valence-electron chi connectivity index (χ0n) is 11.9. The average molecular weight is 239 g/mol. The monoisotopic (exact) mass is 239 g/mol. The molecule has 1 N–H and O–H groups in total. The minimum absolute atomic E-state index is 0.128. The highest BCUT2D eigenvalue weighted by Crippen LogP contribution is 2.18. The first-order chi connectivity index (χ1) is 7.78. The van der Waals surface area contributed by atoms with E-state index in [4.69, 9.17) is 9.15 Å². The Balaban J connectivity index is 2.55. The lowest BCUT2D eigenvalue weighted by atomic mass is 10.2. The summed E-state index contributed by atoms with van der Waals surface area (Å²) in [7, 11) is 0. The summed E-state index contributed by atoms with van der Waals surface area (Å²) in [5.41, 5.74) is 1.06. The molecule has 0 aliphatic carbocycles. The Hall–Kier alpha value is -0.800. The summed E-state index contributed by atoms with van der Waals surface area (Å²) in [5.74, 6) is 1.91. The Morgan fingerprint density at radius 3 is 2.53 bits per heavy atom. The van der Waals surface area contributed by atoms with Crippen LogP contribution < -0.4 is 5.32 Å². The van der Waals surface area contributed by atoms with E-state index < -0.39 is 0 Å². The molecule has 0 amide bonds. The van der Waals surface area contributed by atoms with Crippen molar-refractivity contribution in [1.82, 2.24) is 5.32 Å². The van der Waals surface area contributed by atoms with Crippen molar-refractivity contribution in [1.29, 1.82) is 0 Å². The van der Waals surface area contributed by atoms with Gasteiger partial charge in [-0.2, -0.15) is 0 Å². The van der Waals surface area contributed by atoms with Crippen LogP contribution in [-0.4, -0.2) is 11.6 Å². The molecule has 0 aliphatic heterocycles. The number of nitrogens with one attached hydrogen (secondary N) is 1. The third-order valence-corrected chi connectivity index (χ3v) is 2.39. The lowest BCUT2D eigenvalue weighted by molar-refractivity contribution is -0.0227. The quantitative estimate of drug-likeness (QED) is 0.855. The van der Waals surface area contributed by atoms with Crippen LogP contribution in [-0.2, 0) is 17.9 Å². The van der Waals surface area contributed by atoms with Crippen molar-refractivity contribution in [3.63, 3.8) is 0 Å². The van der Waals surface area contributed by atoms with Crippen molar-refractivity contribution in [2.45, 2.75) is 66.3 Å². The van der Waals surface area contributed by atoms with E-state index in [1.807, 2.05) is 20.8 Å². The highest BCUT2D eigenvalue weighted by molar-refractivity contribution is 5.19. The fourth-order valence-corrected chi connectivity index (χ4v) is 1.42. The minimum Gasteiger partial charge on any atom is -0.462 e. The van der Waals surface area contributed by atoms with Crippen molar-refractivity contribution >= 4 is 0 Å². The molecule has 0 bridgehead atoms. The molecule has 0 spiro atoms. The topological polar surface area (TPSA) is 34.4 Å². The molecule has 0 fully saturated rings. The molecular weight excluding hydrogens is 214 g/mol. The Morgan fingerprint density at radius 1 is 1.35 bits per heavy atom. The van der Waals surface area contributed by atoms with Gasteiger partial charge in [0.05, 0.1) is 12.1 Å². The molecule has 1 heterocycles. The van der Waals surface area contributed by atoms with E-state index in [2.05, 4.69) is 32.2 Å². The van der Waals surface area contributed by atoms with Crippen molar-refractivity contribution in [2.24, 2.45) is 0 Å². The number of rotatable bonds is 5. The standard InChI is InChI=1S/C14H25NO2/c1-10(2)15-8-13-11(3)7-12(17-13)9-16-14(4,5)6/h7,10,15H,8-9H2,1-6H3. The lowest BCUT2D eigenvalue weighted by Crippen LogP contribution is -2.21. The average Bonchev–Trinajstić information content (AvgIpc) is 2.52. The zero-order chi connectivity index (χ0) is 13.1. The van der Waals surface area contributed by atoms with E-state index in [-0.39, 0.29) is 5.60 Å². The smallest absolute Gasteiger partial charge is 0.130 e. The van der Waals surface area contributed by atoms with Crippen LogP contribution in [0.1, 0.15) is 51.7 Å². The molecule has 3 nitrogen and oxygen atoms in total. The molecule has 0 radical (unpaired) electrons.